The van der Waals surface area contributed by atoms with Crippen LogP contribution in [0.15, 0.2) is 0 Å². The molecule has 2 N–H and O–H groups in total. The van der Waals surface area contributed by atoms with Gasteiger partial charge in [-0.05, 0) is 32.2 Å². The lowest BCUT2D eigenvalue weighted by Gasteiger charge is -2.33. The average Bonchev–Trinajstić information content (AvgIpc) is 2.87. The summed E-state index contributed by atoms with van der Waals surface area (Å²) in [5.74, 6) is 0.523. The van der Waals surface area contributed by atoms with Crippen molar-refractivity contribution in [2.75, 3.05) is 25.0 Å². The van der Waals surface area contributed by atoms with Gasteiger partial charge in [-0.25, -0.2) is 0 Å². The number of anilines is 1. The van der Waals surface area contributed by atoms with Crippen LogP contribution in [-0.2, 0) is 4.79 Å². The second-order valence-corrected chi connectivity index (χ2v) is 7.04. The van der Waals surface area contributed by atoms with Crippen LogP contribution in [0.3, 0.4) is 0 Å². The Bertz CT molecular complexity index is 475. The molecule has 0 spiro atoms. The van der Waals surface area contributed by atoms with Gasteiger partial charge in [0.1, 0.15) is 5.01 Å². The summed E-state index contributed by atoms with van der Waals surface area (Å²) in [5.41, 5.74) is 0. The van der Waals surface area contributed by atoms with E-state index < -0.39 is 0 Å². The molecule has 1 fully saturated rings. The summed E-state index contributed by atoms with van der Waals surface area (Å²) in [6.45, 7) is 7.96. The van der Waals surface area contributed by atoms with Gasteiger partial charge in [0.15, 0.2) is 0 Å². The molecule has 2 atom stereocenters. The number of likely N-dealkylation sites (tertiary alicyclic amines) is 1. The van der Waals surface area contributed by atoms with E-state index in [1.807, 2.05) is 6.92 Å². The summed E-state index contributed by atoms with van der Waals surface area (Å²) in [6, 6.07) is 0. The number of nitrogens with one attached hydrogen (secondary N) is 1. The number of piperidine rings is 1. The second-order valence-electron chi connectivity index (χ2n) is 6.03. The molecule has 1 aromatic heterocycles. The minimum Gasteiger partial charge on any atom is -0.393 e. The first-order valence-electron chi connectivity index (χ1n) is 7.49. The average molecular weight is 312 g/mol. The molecule has 1 aliphatic heterocycles. The van der Waals surface area contributed by atoms with Crippen molar-refractivity contribution in [3.8, 4) is 0 Å². The molecule has 21 heavy (non-hydrogen) atoms. The lowest BCUT2D eigenvalue weighted by Crippen LogP contribution is -2.43. The zero-order valence-corrected chi connectivity index (χ0v) is 13.7. The number of hydrogen-bond acceptors (Lipinski definition) is 6. The maximum atomic E-state index is 12.1. The van der Waals surface area contributed by atoms with Crippen molar-refractivity contribution in [1.29, 1.82) is 0 Å². The molecule has 6 nitrogen and oxygen atoms in total. The topological polar surface area (TPSA) is 78.4 Å². The van der Waals surface area contributed by atoms with Crippen molar-refractivity contribution in [1.82, 2.24) is 15.1 Å². The van der Waals surface area contributed by atoms with E-state index in [9.17, 15) is 9.90 Å². The van der Waals surface area contributed by atoms with Crippen LogP contribution in [0, 0.1) is 5.92 Å². The summed E-state index contributed by atoms with van der Waals surface area (Å²) >= 11 is 1.42. The normalized spacial score (nSPS) is 21.5. The van der Waals surface area contributed by atoms with Crippen LogP contribution in [0.1, 0.15) is 44.5 Å². The van der Waals surface area contributed by atoms with Gasteiger partial charge in [-0.15, -0.1) is 10.2 Å². The fraction of sp³-hybridized carbons (Fsp3) is 0.786. The fourth-order valence-corrected chi connectivity index (χ4v) is 3.27. The van der Waals surface area contributed by atoms with E-state index in [0.29, 0.717) is 17.6 Å². The number of rotatable bonds is 5. The maximum Gasteiger partial charge on any atom is 0.240 e. The Labute approximate surface area is 129 Å². The van der Waals surface area contributed by atoms with Crippen LogP contribution in [-0.4, -0.2) is 51.8 Å². The molecule has 2 heterocycles. The first kappa shape index (κ1) is 16.3. The molecule has 0 aromatic carbocycles. The Balaban J connectivity index is 1.83. The zero-order valence-electron chi connectivity index (χ0n) is 12.9. The Morgan fingerprint density at radius 1 is 1.48 bits per heavy atom. The molecule has 0 bridgehead atoms. The number of hydrogen-bond donors (Lipinski definition) is 2. The van der Waals surface area contributed by atoms with Crippen LogP contribution in [0.25, 0.3) is 0 Å². The van der Waals surface area contributed by atoms with Crippen molar-refractivity contribution in [2.45, 2.75) is 45.6 Å². The SMILES string of the molecule is CC(C)c1nnc(NC(=O)CN2CCCC(C(C)O)C2)s1. The summed E-state index contributed by atoms with van der Waals surface area (Å²) in [5, 5.41) is 22.0. The van der Waals surface area contributed by atoms with E-state index in [4.69, 9.17) is 0 Å². The Morgan fingerprint density at radius 3 is 2.86 bits per heavy atom. The molecule has 1 amide bonds. The van der Waals surface area contributed by atoms with Crippen LogP contribution in [0.2, 0.25) is 0 Å². The number of aliphatic hydroxyl groups is 1. The molecule has 2 rings (SSSR count). The predicted molar refractivity (Wildman–Crippen MR) is 83.5 cm³/mol. The molecule has 7 heteroatoms. The third-order valence-electron chi connectivity index (χ3n) is 3.77. The van der Waals surface area contributed by atoms with Gasteiger partial charge in [-0.1, -0.05) is 25.2 Å². The van der Waals surface area contributed by atoms with E-state index in [2.05, 4.69) is 34.3 Å². The summed E-state index contributed by atoms with van der Waals surface area (Å²) in [4.78, 5) is 14.2. The number of aromatic nitrogens is 2. The zero-order chi connectivity index (χ0) is 15.4. The highest BCUT2D eigenvalue weighted by molar-refractivity contribution is 7.15. The number of carbonyl (C=O) groups is 1. The van der Waals surface area contributed by atoms with Crippen LogP contribution in [0.4, 0.5) is 5.13 Å². The molecule has 118 valence electrons. The molecule has 1 saturated heterocycles. The molecule has 0 aliphatic carbocycles. The molecular weight excluding hydrogens is 288 g/mol. The number of carbonyl (C=O) groups excluding carboxylic acids is 1. The lowest BCUT2D eigenvalue weighted by atomic mass is 9.93. The Kier molecular flexibility index (Phi) is 5.66. The molecule has 1 aromatic rings. The largest absolute Gasteiger partial charge is 0.393 e. The first-order valence-corrected chi connectivity index (χ1v) is 8.31. The number of nitrogens with zero attached hydrogens (tertiary/aromatic N) is 3. The van der Waals surface area contributed by atoms with E-state index in [1.165, 1.54) is 11.3 Å². The van der Waals surface area contributed by atoms with Crippen molar-refractivity contribution < 1.29 is 9.90 Å². The quantitative estimate of drug-likeness (QED) is 0.865. The summed E-state index contributed by atoms with van der Waals surface area (Å²) in [7, 11) is 0. The summed E-state index contributed by atoms with van der Waals surface area (Å²) < 4.78 is 0. The van der Waals surface area contributed by atoms with Crippen LogP contribution < -0.4 is 5.32 Å². The third-order valence-corrected chi connectivity index (χ3v) is 4.91. The van der Waals surface area contributed by atoms with Crippen molar-refractivity contribution in [3.63, 3.8) is 0 Å². The third kappa shape index (κ3) is 4.72. The monoisotopic (exact) mass is 312 g/mol. The molecule has 0 saturated carbocycles. The Morgan fingerprint density at radius 2 is 2.24 bits per heavy atom. The van der Waals surface area contributed by atoms with Crippen LogP contribution >= 0.6 is 11.3 Å². The smallest absolute Gasteiger partial charge is 0.240 e. The van der Waals surface area contributed by atoms with E-state index in [-0.39, 0.29) is 17.9 Å². The van der Waals surface area contributed by atoms with E-state index >= 15 is 0 Å². The van der Waals surface area contributed by atoms with Gasteiger partial charge in [0.2, 0.25) is 11.0 Å². The van der Waals surface area contributed by atoms with Crippen molar-refractivity contribution >= 4 is 22.4 Å². The minimum atomic E-state index is -0.312. The number of amides is 1. The van der Waals surface area contributed by atoms with Gasteiger partial charge in [0.05, 0.1) is 12.6 Å². The highest BCUT2D eigenvalue weighted by Gasteiger charge is 2.24. The van der Waals surface area contributed by atoms with Crippen molar-refractivity contribution in [2.24, 2.45) is 5.92 Å². The van der Waals surface area contributed by atoms with E-state index in [0.717, 1.165) is 30.9 Å². The van der Waals surface area contributed by atoms with Gasteiger partial charge in [0.25, 0.3) is 0 Å². The first-order chi connectivity index (χ1) is 9.95. The van der Waals surface area contributed by atoms with Gasteiger partial charge in [0, 0.05) is 12.5 Å². The molecule has 0 radical (unpaired) electrons. The van der Waals surface area contributed by atoms with Gasteiger partial charge in [-0.3, -0.25) is 15.0 Å². The highest BCUT2D eigenvalue weighted by atomic mass is 32.1. The van der Waals surface area contributed by atoms with Gasteiger partial charge < -0.3 is 5.11 Å². The van der Waals surface area contributed by atoms with Gasteiger partial charge in [-0.2, -0.15) is 0 Å². The predicted octanol–water partition coefficient (Wildman–Crippen LogP) is 1.69. The number of aliphatic hydroxyl groups excluding tert-OH is 1. The van der Waals surface area contributed by atoms with E-state index in [1.54, 1.807) is 0 Å². The second kappa shape index (κ2) is 7.29. The standard InChI is InChI=1S/C14H24N4O2S/c1-9(2)13-16-17-14(21-13)15-12(20)8-18-6-4-5-11(7-18)10(3)19/h9-11,19H,4-8H2,1-3H3,(H,15,17,20). The van der Waals surface area contributed by atoms with Crippen molar-refractivity contribution in [3.05, 3.63) is 5.01 Å². The van der Waals surface area contributed by atoms with Gasteiger partial charge >= 0.3 is 0 Å². The highest BCUT2D eigenvalue weighted by Crippen LogP contribution is 2.23. The molecule has 2 unspecified atom stereocenters. The summed E-state index contributed by atoms with van der Waals surface area (Å²) in [6.07, 6.45) is 1.75. The molecule has 1 aliphatic rings. The minimum absolute atomic E-state index is 0.0623. The maximum absolute atomic E-state index is 12.1. The fourth-order valence-electron chi connectivity index (χ4n) is 2.51. The lowest BCUT2D eigenvalue weighted by molar-refractivity contribution is -0.118. The van der Waals surface area contributed by atoms with Crippen LogP contribution in [0.5, 0.6) is 0 Å². The molecular formula is C14H24N4O2S. The Hall–Kier alpha value is -1.05.